The highest BCUT2D eigenvalue weighted by Gasteiger charge is 2.29. The predicted octanol–water partition coefficient (Wildman–Crippen LogP) is 2.80. The molecule has 0 unspecified atom stereocenters. The number of hydrogen-bond donors (Lipinski definition) is 1. The Morgan fingerprint density at radius 3 is 2.28 bits per heavy atom. The van der Waals surface area contributed by atoms with E-state index in [4.69, 9.17) is 5.26 Å². The maximum atomic E-state index is 12.4. The lowest BCUT2D eigenvalue weighted by Crippen LogP contribution is -2.51. The first-order valence-electron chi connectivity index (χ1n) is 8.27. The van der Waals surface area contributed by atoms with Gasteiger partial charge in [0.25, 0.3) is 0 Å². The monoisotopic (exact) mass is 359 g/mol. The maximum Gasteiger partial charge on any atom is 0.228 e. The molecule has 6 nitrogen and oxygen atoms in total. The molecule has 1 aliphatic heterocycles. The van der Waals surface area contributed by atoms with Crippen LogP contribution in [0.2, 0.25) is 0 Å². The molecule has 7 heteroatoms. The number of nitrogens with one attached hydrogen (secondary N) is 1. The number of carbonyl (C=O) groups is 1. The van der Waals surface area contributed by atoms with Crippen LogP contribution in [0.1, 0.15) is 20.8 Å². The lowest BCUT2D eigenvalue weighted by Gasteiger charge is -2.38. The van der Waals surface area contributed by atoms with E-state index in [1.54, 1.807) is 0 Å². The second-order valence-corrected chi connectivity index (χ2v) is 7.70. The standard InChI is InChI=1S/C18H25N5OS/c1-18(2,3)16(24)23-11-9-22(10-12-23)15-7-5-14(6-8-15)21-17(25-4)20-13-19/h5-8H,9-12H2,1-4H3,(H,20,21). The average molecular weight is 359 g/mol. The van der Waals surface area contributed by atoms with Crippen LogP contribution in [-0.4, -0.2) is 48.4 Å². The highest BCUT2D eigenvalue weighted by atomic mass is 32.2. The minimum atomic E-state index is -0.325. The molecule has 0 bridgehead atoms. The Morgan fingerprint density at radius 1 is 1.20 bits per heavy atom. The highest BCUT2D eigenvalue weighted by molar-refractivity contribution is 8.13. The summed E-state index contributed by atoms with van der Waals surface area (Å²) >= 11 is 1.39. The van der Waals surface area contributed by atoms with Crippen LogP contribution < -0.4 is 10.2 Å². The molecular formula is C18H25N5OS. The van der Waals surface area contributed by atoms with Gasteiger partial charge in [0.05, 0.1) is 5.69 Å². The third-order valence-electron chi connectivity index (χ3n) is 4.01. The number of amidine groups is 1. The number of nitrogens with zero attached hydrogens (tertiary/aromatic N) is 4. The van der Waals surface area contributed by atoms with Gasteiger partial charge in [-0.25, -0.2) is 4.99 Å². The zero-order valence-electron chi connectivity index (χ0n) is 15.2. The summed E-state index contributed by atoms with van der Waals surface area (Å²) in [5.74, 6) is 0.214. The molecule has 0 radical (unpaired) electrons. The summed E-state index contributed by atoms with van der Waals surface area (Å²) < 4.78 is 0. The van der Waals surface area contributed by atoms with Crippen LogP contribution in [0.3, 0.4) is 0 Å². The molecule has 2 rings (SSSR count). The normalized spacial score (nSPS) is 15.7. The summed E-state index contributed by atoms with van der Waals surface area (Å²) in [4.78, 5) is 21.0. The summed E-state index contributed by atoms with van der Waals surface area (Å²) in [6, 6.07) is 7.95. The smallest absolute Gasteiger partial charge is 0.228 e. The number of benzene rings is 1. The largest absolute Gasteiger partial charge is 0.368 e. The van der Waals surface area contributed by atoms with Gasteiger partial charge in [0.1, 0.15) is 0 Å². The fourth-order valence-electron chi connectivity index (χ4n) is 2.67. The van der Waals surface area contributed by atoms with Crippen molar-refractivity contribution in [2.75, 3.05) is 37.3 Å². The number of hydrogen-bond acceptors (Lipinski definition) is 5. The van der Waals surface area contributed by atoms with Crippen molar-refractivity contribution in [2.45, 2.75) is 20.8 Å². The molecule has 1 saturated heterocycles. The minimum Gasteiger partial charge on any atom is -0.368 e. The molecule has 0 atom stereocenters. The van der Waals surface area contributed by atoms with Crippen molar-refractivity contribution in [3.8, 4) is 6.19 Å². The van der Waals surface area contributed by atoms with Gasteiger partial charge in [-0.15, -0.1) is 0 Å². The van der Waals surface area contributed by atoms with Crippen LogP contribution >= 0.6 is 11.8 Å². The van der Waals surface area contributed by atoms with Crippen LogP contribution in [0.25, 0.3) is 0 Å². The Labute approximate surface area is 153 Å². The summed E-state index contributed by atoms with van der Waals surface area (Å²) in [5, 5.41) is 11.8. The Kier molecular flexibility index (Phi) is 6.32. The molecule has 134 valence electrons. The predicted molar refractivity (Wildman–Crippen MR) is 104 cm³/mol. The van der Waals surface area contributed by atoms with E-state index >= 15 is 0 Å². The summed E-state index contributed by atoms with van der Waals surface area (Å²) in [6.45, 7) is 9.05. The average Bonchev–Trinajstić information content (AvgIpc) is 2.60. The Balaban J connectivity index is 1.98. The lowest BCUT2D eigenvalue weighted by molar-refractivity contribution is -0.139. The van der Waals surface area contributed by atoms with Crippen molar-refractivity contribution < 1.29 is 4.79 Å². The van der Waals surface area contributed by atoms with Gasteiger partial charge in [-0.05, 0) is 30.5 Å². The molecular weight excluding hydrogens is 334 g/mol. The summed E-state index contributed by atoms with van der Waals surface area (Å²) in [5.41, 5.74) is 1.60. The molecule has 1 fully saturated rings. The van der Waals surface area contributed by atoms with Gasteiger partial charge in [-0.1, -0.05) is 32.5 Å². The molecule has 0 saturated carbocycles. The highest BCUT2D eigenvalue weighted by Crippen LogP contribution is 2.23. The topological polar surface area (TPSA) is 71.7 Å². The van der Waals surface area contributed by atoms with Crippen LogP contribution in [0.4, 0.5) is 11.4 Å². The van der Waals surface area contributed by atoms with E-state index in [2.05, 4.69) is 15.2 Å². The fraction of sp³-hybridized carbons (Fsp3) is 0.500. The molecule has 0 spiro atoms. The van der Waals surface area contributed by atoms with Crippen LogP contribution in [-0.2, 0) is 4.79 Å². The van der Waals surface area contributed by atoms with Gasteiger partial charge < -0.3 is 9.80 Å². The molecule has 0 aromatic heterocycles. The third-order valence-corrected chi connectivity index (χ3v) is 4.59. The Morgan fingerprint density at radius 2 is 1.80 bits per heavy atom. The van der Waals surface area contributed by atoms with E-state index in [9.17, 15) is 4.79 Å². The second kappa shape index (κ2) is 8.26. The number of anilines is 1. The number of thioether (sulfide) groups is 1. The lowest BCUT2D eigenvalue weighted by atomic mass is 9.94. The van der Waals surface area contributed by atoms with E-state index < -0.39 is 0 Å². The van der Waals surface area contributed by atoms with Gasteiger partial charge in [-0.2, -0.15) is 5.26 Å². The van der Waals surface area contributed by atoms with E-state index in [0.717, 1.165) is 37.6 Å². The number of nitriles is 1. The van der Waals surface area contributed by atoms with Crippen LogP contribution in [0.15, 0.2) is 29.3 Å². The quantitative estimate of drug-likeness (QED) is 0.380. The Hall–Kier alpha value is -2.20. The molecule has 0 aliphatic carbocycles. The zero-order chi connectivity index (χ0) is 18.4. The van der Waals surface area contributed by atoms with Crippen molar-refractivity contribution >= 4 is 34.2 Å². The van der Waals surface area contributed by atoms with E-state index in [-0.39, 0.29) is 11.3 Å². The van der Waals surface area contributed by atoms with Crippen molar-refractivity contribution in [1.29, 1.82) is 5.26 Å². The molecule has 1 aromatic rings. The van der Waals surface area contributed by atoms with Crippen LogP contribution in [0, 0.1) is 16.9 Å². The number of carbonyl (C=O) groups excluding carboxylic acids is 1. The first-order valence-corrected chi connectivity index (χ1v) is 9.50. The van der Waals surface area contributed by atoms with E-state index in [1.165, 1.54) is 11.8 Å². The first kappa shape index (κ1) is 19.1. The Bertz CT molecular complexity index is 664. The van der Waals surface area contributed by atoms with Crippen molar-refractivity contribution in [2.24, 2.45) is 10.4 Å². The molecule has 1 heterocycles. The fourth-order valence-corrected chi connectivity index (χ4v) is 3.01. The number of aliphatic imine (C=N–C) groups is 1. The molecule has 1 N–H and O–H groups in total. The van der Waals surface area contributed by atoms with Gasteiger partial charge in [0, 0.05) is 37.3 Å². The van der Waals surface area contributed by atoms with Gasteiger partial charge in [0.15, 0.2) is 11.4 Å². The van der Waals surface area contributed by atoms with Crippen molar-refractivity contribution in [1.82, 2.24) is 10.2 Å². The summed E-state index contributed by atoms with van der Waals surface area (Å²) in [6.07, 6.45) is 3.75. The van der Waals surface area contributed by atoms with Crippen LogP contribution in [0.5, 0.6) is 0 Å². The minimum absolute atomic E-state index is 0.214. The third kappa shape index (κ3) is 5.13. The number of rotatable bonds is 2. The number of amides is 1. The van der Waals surface area contributed by atoms with E-state index in [0.29, 0.717) is 5.17 Å². The molecule has 25 heavy (non-hydrogen) atoms. The SMILES string of the molecule is CSC(=Nc1ccc(N2CCN(C(=O)C(C)(C)C)CC2)cc1)NC#N. The van der Waals surface area contributed by atoms with Crippen molar-refractivity contribution in [3.63, 3.8) is 0 Å². The summed E-state index contributed by atoms with van der Waals surface area (Å²) in [7, 11) is 0. The second-order valence-electron chi connectivity index (χ2n) is 6.90. The van der Waals surface area contributed by atoms with Gasteiger partial charge >= 0.3 is 0 Å². The molecule has 1 amide bonds. The van der Waals surface area contributed by atoms with Gasteiger partial charge in [0.2, 0.25) is 5.91 Å². The van der Waals surface area contributed by atoms with Crippen molar-refractivity contribution in [3.05, 3.63) is 24.3 Å². The maximum absolute atomic E-state index is 12.4. The zero-order valence-corrected chi connectivity index (χ0v) is 16.1. The number of piperazine rings is 1. The van der Waals surface area contributed by atoms with E-state index in [1.807, 2.05) is 62.4 Å². The first-order chi connectivity index (χ1) is 11.8. The molecule has 1 aromatic carbocycles. The van der Waals surface area contributed by atoms with Gasteiger partial charge in [-0.3, -0.25) is 10.1 Å². The molecule has 1 aliphatic rings.